The smallest absolute Gasteiger partial charge is 0.305 e. The molecule has 0 fully saturated rings. The van der Waals surface area contributed by atoms with Crippen molar-refractivity contribution >= 4 is 11.9 Å². The minimum atomic E-state index is -0.890. The maximum absolute atomic E-state index is 11.9. The lowest BCUT2D eigenvalue weighted by Crippen LogP contribution is -2.36. The molecule has 0 bridgehead atoms. The van der Waals surface area contributed by atoms with Crippen LogP contribution >= 0.6 is 0 Å². The molecule has 0 aliphatic carbocycles. The summed E-state index contributed by atoms with van der Waals surface area (Å²) in [4.78, 5) is 22.5. The van der Waals surface area contributed by atoms with E-state index in [0.29, 0.717) is 6.42 Å². The number of amides is 1. The Labute approximate surface area is 113 Å². The predicted molar refractivity (Wildman–Crippen MR) is 74.1 cm³/mol. The largest absolute Gasteiger partial charge is 0.481 e. The highest BCUT2D eigenvalue weighted by molar-refractivity contribution is 5.79. The molecule has 0 spiro atoms. The highest BCUT2D eigenvalue weighted by atomic mass is 16.4. The van der Waals surface area contributed by atoms with Crippen LogP contribution in [-0.4, -0.2) is 23.0 Å². The molecule has 2 N–H and O–H groups in total. The second-order valence-corrected chi connectivity index (χ2v) is 4.87. The molecule has 1 rings (SSSR count). The minimum Gasteiger partial charge on any atom is -0.481 e. The van der Waals surface area contributed by atoms with E-state index >= 15 is 0 Å². The summed E-state index contributed by atoms with van der Waals surface area (Å²) in [7, 11) is 0. The van der Waals surface area contributed by atoms with Gasteiger partial charge in [-0.1, -0.05) is 25.1 Å². The molecule has 0 aliphatic rings. The Balaban J connectivity index is 2.58. The third-order valence-electron chi connectivity index (χ3n) is 3.21. The summed E-state index contributed by atoms with van der Waals surface area (Å²) in [5.74, 6) is -1.02. The van der Waals surface area contributed by atoms with E-state index in [2.05, 4.69) is 5.32 Å². The van der Waals surface area contributed by atoms with Gasteiger partial charge in [0.05, 0.1) is 12.8 Å². The van der Waals surface area contributed by atoms with E-state index in [9.17, 15) is 9.59 Å². The number of aliphatic carboxylic acids is 1. The van der Waals surface area contributed by atoms with Gasteiger partial charge < -0.3 is 10.4 Å². The summed E-state index contributed by atoms with van der Waals surface area (Å²) in [6.07, 6.45) is 0.872. The monoisotopic (exact) mass is 263 g/mol. The van der Waals surface area contributed by atoms with Crippen molar-refractivity contribution in [2.45, 2.75) is 46.1 Å². The van der Waals surface area contributed by atoms with E-state index < -0.39 is 5.97 Å². The predicted octanol–water partition coefficient (Wildman–Crippen LogP) is 2.22. The van der Waals surface area contributed by atoms with E-state index in [1.807, 2.05) is 39.0 Å². The molecule has 1 aromatic carbocycles. The highest BCUT2D eigenvalue weighted by Crippen LogP contribution is 2.10. The van der Waals surface area contributed by atoms with E-state index in [1.165, 1.54) is 5.56 Å². The summed E-state index contributed by atoms with van der Waals surface area (Å²) in [6, 6.07) is 5.62. The summed E-state index contributed by atoms with van der Waals surface area (Å²) in [6.45, 7) is 5.90. The molecule has 1 unspecified atom stereocenters. The lowest BCUT2D eigenvalue weighted by atomic mass is 10.0. The summed E-state index contributed by atoms with van der Waals surface area (Å²) < 4.78 is 0. The molecule has 0 radical (unpaired) electrons. The van der Waals surface area contributed by atoms with Crippen molar-refractivity contribution in [1.82, 2.24) is 5.32 Å². The number of hydrogen-bond acceptors (Lipinski definition) is 2. The number of aryl methyl sites for hydroxylation is 2. The van der Waals surface area contributed by atoms with Gasteiger partial charge in [-0.15, -0.1) is 0 Å². The highest BCUT2D eigenvalue weighted by Gasteiger charge is 2.14. The molecule has 0 saturated heterocycles. The van der Waals surface area contributed by atoms with Gasteiger partial charge in [-0.3, -0.25) is 9.59 Å². The van der Waals surface area contributed by atoms with Crippen LogP contribution in [0, 0.1) is 13.8 Å². The summed E-state index contributed by atoms with van der Waals surface area (Å²) in [5, 5.41) is 11.5. The Hall–Kier alpha value is -1.84. The zero-order chi connectivity index (χ0) is 14.4. The maximum atomic E-state index is 11.9. The third kappa shape index (κ3) is 5.12. The Morgan fingerprint density at radius 2 is 1.95 bits per heavy atom. The summed E-state index contributed by atoms with van der Waals surface area (Å²) >= 11 is 0. The lowest BCUT2D eigenvalue weighted by molar-refractivity contribution is -0.137. The van der Waals surface area contributed by atoms with Crippen molar-refractivity contribution in [3.05, 3.63) is 34.9 Å². The average molecular weight is 263 g/mol. The second-order valence-electron chi connectivity index (χ2n) is 4.87. The van der Waals surface area contributed by atoms with Gasteiger partial charge in [0.2, 0.25) is 5.91 Å². The maximum Gasteiger partial charge on any atom is 0.305 e. The van der Waals surface area contributed by atoms with Gasteiger partial charge in [0.1, 0.15) is 0 Å². The number of carboxylic acid groups (broad SMARTS) is 1. The number of benzene rings is 1. The molecule has 1 amide bonds. The van der Waals surface area contributed by atoms with Crippen molar-refractivity contribution in [3.63, 3.8) is 0 Å². The zero-order valence-corrected chi connectivity index (χ0v) is 11.7. The molecule has 1 atom stereocenters. The van der Waals surface area contributed by atoms with Crippen LogP contribution in [0.4, 0.5) is 0 Å². The first kappa shape index (κ1) is 15.2. The average Bonchev–Trinajstić information content (AvgIpc) is 2.32. The number of carboxylic acids is 1. The van der Waals surface area contributed by atoms with Crippen LogP contribution in [0.3, 0.4) is 0 Å². The van der Waals surface area contributed by atoms with Crippen LogP contribution in [0.1, 0.15) is 36.5 Å². The van der Waals surface area contributed by atoms with Crippen LogP contribution in [-0.2, 0) is 16.0 Å². The van der Waals surface area contributed by atoms with E-state index in [4.69, 9.17) is 5.11 Å². The molecule has 1 aromatic rings. The van der Waals surface area contributed by atoms with Crippen molar-refractivity contribution in [2.75, 3.05) is 0 Å². The number of rotatable bonds is 6. The summed E-state index contributed by atoms with van der Waals surface area (Å²) in [5.41, 5.74) is 3.30. The number of nitrogens with one attached hydrogen (secondary N) is 1. The van der Waals surface area contributed by atoms with E-state index in [1.54, 1.807) is 0 Å². The fraction of sp³-hybridized carbons (Fsp3) is 0.467. The molecule has 104 valence electrons. The number of carbonyl (C=O) groups excluding carboxylic acids is 1. The van der Waals surface area contributed by atoms with Crippen molar-refractivity contribution in [1.29, 1.82) is 0 Å². The lowest BCUT2D eigenvalue weighted by Gasteiger charge is -2.15. The number of carbonyl (C=O) groups is 2. The molecule has 0 aromatic heterocycles. The van der Waals surface area contributed by atoms with Crippen molar-refractivity contribution in [3.8, 4) is 0 Å². The van der Waals surface area contributed by atoms with Crippen LogP contribution < -0.4 is 5.32 Å². The third-order valence-corrected chi connectivity index (χ3v) is 3.21. The van der Waals surface area contributed by atoms with Gasteiger partial charge in [-0.25, -0.2) is 0 Å². The molecule has 0 heterocycles. The van der Waals surface area contributed by atoms with Gasteiger partial charge in [-0.05, 0) is 37.0 Å². The molecule has 0 aliphatic heterocycles. The van der Waals surface area contributed by atoms with Gasteiger partial charge >= 0.3 is 5.97 Å². The van der Waals surface area contributed by atoms with Crippen molar-refractivity contribution in [2.24, 2.45) is 0 Å². The van der Waals surface area contributed by atoms with Crippen molar-refractivity contribution < 1.29 is 14.7 Å². The van der Waals surface area contributed by atoms with Crippen LogP contribution in [0.2, 0.25) is 0 Å². The molecular formula is C15H21NO3. The van der Waals surface area contributed by atoms with Gasteiger partial charge in [0.25, 0.3) is 0 Å². The SMILES string of the molecule is CCC(CC(=O)O)NC(=O)Cc1ccc(C)c(C)c1. The fourth-order valence-electron chi connectivity index (χ4n) is 1.89. The molecular weight excluding hydrogens is 242 g/mol. The first-order valence-corrected chi connectivity index (χ1v) is 6.49. The minimum absolute atomic E-state index is 0.0326. The second kappa shape index (κ2) is 6.92. The normalized spacial score (nSPS) is 11.9. The van der Waals surface area contributed by atoms with Crippen LogP contribution in [0.25, 0.3) is 0 Å². The van der Waals surface area contributed by atoms with Crippen LogP contribution in [0.5, 0.6) is 0 Å². The van der Waals surface area contributed by atoms with E-state index in [0.717, 1.165) is 11.1 Å². The molecule has 19 heavy (non-hydrogen) atoms. The van der Waals surface area contributed by atoms with E-state index in [-0.39, 0.29) is 24.8 Å². The Morgan fingerprint density at radius 1 is 1.26 bits per heavy atom. The topological polar surface area (TPSA) is 66.4 Å². The van der Waals surface area contributed by atoms with Gasteiger partial charge in [-0.2, -0.15) is 0 Å². The van der Waals surface area contributed by atoms with Gasteiger partial charge in [0, 0.05) is 6.04 Å². The van der Waals surface area contributed by atoms with Crippen LogP contribution in [0.15, 0.2) is 18.2 Å². The first-order valence-electron chi connectivity index (χ1n) is 6.49. The standard InChI is InChI=1S/C15H21NO3/c1-4-13(9-15(18)19)16-14(17)8-12-6-5-10(2)11(3)7-12/h5-7,13H,4,8-9H2,1-3H3,(H,16,17)(H,18,19). The molecule has 4 heteroatoms. The van der Waals surface area contributed by atoms with Gasteiger partial charge in [0.15, 0.2) is 0 Å². The fourth-order valence-corrected chi connectivity index (χ4v) is 1.89. The first-order chi connectivity index (χ1) is 8.92. The molecule has 0 saturated carbocycles. The number of hydrogen-bond donors (Lipinski definition) is 2. The Bertz CT molecular complexity index is 468. The Morgan fingerprint density at radius 3 is 2.47 bits per heavy atom. The zero-order valence-electron chi connectivity index (χ0n) is 11.7. The quantitative estimate of drug-likeness (QED) is 0.827. The Kier molecular flexibility index (Phi) is 5.55. The molecule has 4 nitrogen and oxygen atoms in total.